The van der Waals surface area contributed by atoms with E-state index < -0.39 is 12.2 Å². The van der Waals surface area contributed by atoms with Gasteiger partial charge in [-0.15, -0.1) is 0 Å². The zero-order valence-electron chi connectivity index (χ0n) is 19.7. The molecule has 0 aromatic carbocycles. The van der Waals surface area contributed by atoms with Crippen molar-refractivity contribution < 1.29 is 15.3 Å². The smallest absolute Gasteiger partial charge is 0.0809 e. The first kappa shape index (κ1) is 23.8. The van der Waals surface area contributed by atoms with Crippen molar-refractivity contribution in [3.63, 3.8) is 0 Å². The third-order valence-corrected chi connectivity index (χ3v) is 9.28. The summed E-state index contributed by atoms with van der Waals surface area (Å²) in [6, 6.07) is 0. The average Bonchev–Trinajstić information content (AvgIpc) is 2.96. The molecule has 0 aliphatic heterocycles. The van der Waals surface area contributed by atoms with Gasteiger partial charge in [0.1, 0.15) is 0 Å². The van der Waals surface area contributed by atoms with Gasteiger partial charge in [0.2, 0.25) is 0 Å². The molecule has 3 saturated carbocycles. The van der Waals surface area contributed by atoms with Gasteiger partial charge < -0.3 is 15.3 Å². The summed E-state index contributed by atoms with van der Waals surface area (Å²) in [5.41, 5.74) is 3.94. The van der Waals surface area contributed by atoms with Crippen LogP contribution in [0.1, 0.15) is 91.9 Å². The van der Waals surface area contributed by atoms with Crippen molar-refractivity contribution in [3.8, 4) is 0 Å². The molecular formula is C27H44O3. The van der Waals surface area contributed by atoms with E-state index in [2.05, 4.69) is 39.5 Å². The number of aliphatic hydroxyl groups excluding tert-OH is 3. The van der Waals surface area contributed by atoms with Gasteiger partial charge >= 0.3 is 0 Å². The third kappa shape index (κ3) is 4.49. The molecule has 3 nitrogen and oxygen atoms in total. The Bertz CT molecular complexity index is 674. The summed E-state index contributed by atoms with van der Waals surface area (Å²) < 4.78 is 0. The molecule has 7 atom stereocenters. The number of hydrogen-bond donors (Lipinski definition) is 3. The molecule has 3 N–H and O–H groups in total. The van der Waals surface area contributed by atoms with Gasteiger partial charge in [0.25, 0.3) is 0 Å². The van der Waals surface area contributed by atoms with E-state index in [1.807, 2.05) is 6.92 Å². The normalized spacial score (nSPS) is 40.4. The molecule has 3 aliphatic rings. The van der Waals surface area contributed by atoms with Gasteiger partial charge in [-0.25, -0.2) is 0 Å². The maximum Gasteiger partial charge on any atom is 0.0809 e. The van der Waals surface area contributed by atoms with E-state index in [1.54, 1.807) is 5.57 Å². The minimum absolute atomic E-state index is 0.192. The Hall–Kier alpha value is -0.900. The molecule has 0 heterocycles. The monoisotopic (exact) mass is 416 g/mol. The van der Waals surface area contributed by atoms with Crippen molar-refractivity contribution >= 4 is 0 Å². The van der Waals surface area contributed by atoms with Crippen LogP contribution in [0.3, 0.4) is 0 Å². The molecule has 3 fully saturated rings. The molecule has 0 aromatic heterocycles. The lowest BCUT2D eigenvalue weighted by Gasteiger charge is -2.51. The van der Waals surface area contributed by atoms with Gasteiger partial charge in [-0.05, 0) is 86.5 Å². The minimum Gasteiger partial charge on any atom is -0.393 e. The Kier molecular flexibility index (Phi) is 7.37. The summed E-state index contributed by atoms with van der Waals surface area (Å²) in [4.78, 5) is 0. The molecule has 1 unspecified atom stereocenters. The summed E-state index contributed by atoms with van der Waals surface area (Å²) in [5, 5.41) is 29.9. The van der Waals surface area contributed by atoms with Crippen LogP contribution in [0.2, 0.25) is 0 Å². The van der Waals surface area contributed by atoms with Crippen molar-refractivity contribution in [1.82, 2.24) is 0 Å². The van der Waals surface area contributed by atoms with Crippen molar-refractivity contribution in [2.24, 2.45) is 22.7 Å². The molecular weight excluding hydrogens is 372 g/mol. The van der Waals surface area contributed by atoms with Crippen molar-refractivity contribution in [3.05, 3.63) is 35.5 Å². The second-order valence-electron chi connectivity index (χ2n) is 11.0. The largest absolute Gasteiger partial charge is 0.393 e. The zero-order chi connectivity index (χ0) is 22.1. The van der Waals surface area contributed by atoms with E-state index >= 15 is 0 Å². The molecule has 170 valence electrons. The van der Waals surface area contributed by atoms with Gasteiger partial charge in [0.15, 0.2) is 0 Å². The van der Waals surface area contributed by atoms with Crippen LogP contribution in [-0.2, 0) is 0 Å². The molecule has 0 saturated heterocycles. The molecule has 0 spiro atoms. The lowest BCUT2D eigenvalue weighted by atomic mass is 9.53. The lowest BCUT2D eigenvalue weighted by molar-refractivity contribution is 0.00109. The Morgan fingerprint density at radius 1 is 1.07 bits per heavy atom. The minimum atomic E-state index is -0.618. The summed E-state index contributed by atoms with van der Waals surface area (Å²) >= 11 is 0. The number of aliphatic hydroxyl groups is 3. The SMILES string of the molecule is C=C1[C@H](O)CC(=C/C=C2\CCC[C@@]3(C)C2CC[C@]3(C)[C@@H](C)CCC[C@H](C)O)C[C@H]1O. The van der Waals surface area contributed by atoms with Gasteiger partial charge in [0, 0.05) is 0 Å². The molecule has 0 radical (unpaired) electrons. The van der Waals surface area contributed by atoms with Gasteiger partial charge in [-0.3, -0.25) is 0 Å². The van der Waals surface area contributed by atoms with Crippen LogP contribution in [0.25, 0.3) is 0 Å². The number of rotatable bonds is 6. The Balaban J connectivity index is 1.75. The molecule has 3 heteroatoms. The molecule has 0 amide bonds. The van der Waals surface area contributed by atoms with Crippen LogP contribution in [-0.4, -0.2) is 33.6 Å². The maximum atomic E-state index is 10.1. The molecule has 0 aromatic rings. The molecule has 3 aliphatic carbocycles. The first-order chi connectivity index (χ1) is 14.1. The maximum absolute atomic E-state index is 10.1. The number of fused-ring (bicyclic) bond motifs is 1. The van der Waals surface area contributed by atoms with Crippen LogP contribution in [0.4, 0.5) is 0 Å². The van der Waals surface area contributed by atoms with E-state index in [-0.39, 0.29) is 6.10 Å². The summed E-state index contributed by atoms with van der Waals surface area (Å²) in [6.07, 6.45) is 13.8. The van der Waals surface area contributed by atoms with Gasteiger partial charge in [-0.1, -0.05) is 63.5 Å². The fourth-order valence-corrected chi connectivity index (χ4v) is 6.81. The highest BCUT2D eigenvalue weighted by Crippen LogP contribution is 2.66. The second-order valence-corrected chi connectivity index (χ2v) is 11.0. The third-order valence-electron chi connectivity index (χ3n) is 9.28. The first-order valence-electron chi connectivity index (χ1n) is 12.2. The highest BCUT2D eigenvalue weighted by Gasteiger charge is 2.57. The van der Waals surface area contributed by atoms with E-state index in [4.69, 9.17) is 0 Å². The predicted octanol–water partition coefficient (Wildman–Crippen LogP) is 5.70. The molecule has 0 bridgehead atoms. The summed E-state index contributed by atoms with van der Waals surface area (Å²) in [5.74, 6) is 1.30. The van der Waals surface area contributed by atoms with Crippen LogP contribution in [0, 0.1) is 22.7 Å². The van der Waals surface area contributed by atoms with Crippen LogP contribution >= 0.6 is 0 Å². The van der Waals surface area contributed by atoms with Crippen molar-refractivity contribution in [1.29, 1.82) is 0 Å². The predicted molar refractivity (Wildman–Crippen MR) is 124 cm³/mol. The Labute approximate surface area is 184 Å². The lowest BCUT2D eigenvalue weighted by Crippen LogP contribution is -2.43. The van der Waals surface area contributed by atoms with Crippen molar-refractivity contribution in [2.75, 3.05) is 0 Å². The van der Waals surface area contributed by atoms with Gasteiger partial charge in [0.05, 0.1) is 18.3 Å². The summed E-state index contributed by atoms with van der Waals surface area (Å²) in [7, 11) is 0. The van der Waals surface area contributed by atoms with E-state index in [0.29, 0.717) is 41.1 Å². The number of allylic oxidation sites excluding steroid dienone is 3. The fourth-order valence-electron chi connectivity index (χ4n) is 6.81. The van der Waals surface area contributed by atoms with Gasteiger partial charge in [-0.2, -0.15) is 0 Å². The average molecular weight is 417 g/mol. The highest BCUT2D eigenvalue weighted by atomic mass is 16.3. The molecule has 3 rings (SSSR count). The number of hydrogen-bond acceptors (Lipinski definition) is 3. The quantitative estimate of drug-likeness (QED) is 0.486. The van der Waals surface area contributed by atoms with E-state index in [9.17, 15) is 15.3 Å². The van der Waals surface area contributed by atoms with Crippen LogP contribution in [0.15, 0.2) is 35.5 Å². The first-order valence-corrected chi connectivity index (χ1v) is 12.2. The van der Waals surface area contributed by atoms with E-state index in [1.165, 1.54) is 38.5 Å². The Morgan fingerprint density at radius 3 is 2.37 bits per heavy atom. The van der Waals surface area contributed by atoms with E-state index in [0.717, 1.165) is 18.4 Å². The van der Waals surface area contributed by atoms with Crippen LogP contribution in [0.5, 0.6) is 0 Å². The topological polar surface area (TPSA) is 60.7 Å². The van der Waals surface area contributed by atoms with Crippen molar-refractivity contribution in [2.45, 2.75) is 110 Å². The molecule has 30 heavy (non-hydrogen) atoms. The van der Waals surface area contributed by atoms with Crippen LogP contribution < -0.4 is 0 Å². The summed E-state index contributed by atoms with van der Waals surface area (Å²) in [6.45, 7) is 13.2. The Morgan fingerprint density at radius 2 is 1.73 bits per heavy atom. The highest BCUT2D eigenvalue weighted by molar-refractivity contribution is 5.30. The second kappa shape index (κ2) is 9.30. The standard InChI is InChI=1S/C27H44O3/c1-18(8-6-9-19(2)28)26(4)15-13-23-22(10-7-14-27(23,26)5)12-11-21-16-24(29)20(3)25(30)17-21/h11-12,18-19,23-25,28-30H,3,6-10,13-17H2,1-2,4-5H3/b22-12+/t18-,19-,23?,24+,25+,26+,27-/m0/s1. The fraction of sp³-hybridized carbons (Fsp3) is 0.778. The zero-order valence-corrected chi connectivity index (χ0v) is 19.7.